The first-order valence-corrected chi connectivity index (χ1v) is 11.5. The lowest BCUT2D eigenvalue weighted by Crippen LogP contribution is -2.32. The summed E-state index contributed by atoms with van der Waals surface area (Å²) >= 11 is 0. The zero-order valence-corrected chi connectivity index (χ0v) is 19.7. The molecule has 1 saturated heterocycles. The number of carbonyl (C=O) groups is 1. The van der Waals surface area contributed by atoms with Crippen LogP contribution in [0.15, 0.2) is 36.7 Å². The van der Waals surface area contributed by atoms with E-state index in [1.807, 2.05) is 20.8 Å². The van der Waals surface area contributed by atoms with Gasteiger partial charge in [0.15, 0.2) is 0 Å². The molecule has 3 heterocycles. The van der Waals surface area contributed by atoms with E-state index in [9.17, 15) is 9.18 Å². The van der Waals surface area contributed by atoms with Gasteiger partial charge in [-0.3, -0.25) is 4.79 Å². The van der Waals surface area contributed by atoms with Crippen molar-refractivity contribution in [1.82, 2.24) is 30.0 Å². The molecule has 0 bridgehead atoms. The van der Waals surface area contributed by atoms with Crippen molar-refractivity contribution in [2.75, 3.05) is 20.1 Å². The summed E-state index contributed by atoms with van der Waals surface area (Å²) in [4.78, 5) is 24.5. The van der Waals surface area contributed by atoms with Crippen LogP contribution in [-0.4, -0.2) is 56.7 Å². The normalized spacial score (nSPS) is 16.5. The van der Waals surface area contributed by atoms with E-state index in [0.29, 0.717) is 29.8 Å². The van der Waals surface area contributed by atoms with Gasteiger partial charge in [-0.05, 0) is 75.5 Å². The predicted molar refractivity (Wildman–Crippen MR) is 126 cm³/mol. The molecule has 1 amide bonds. The molecule has 1 fully saturated rings. The van der Waals surface area contributed by atoms with Crippen molar-refractivity contribution in [3.8, 4) is 17.2 Å². The number of carbonyl (C=O) groups excluding carboxylic acids is 1. The van der Waals surface area contributed by atoms with Crippen molar-refractivity contribution in [1.29, 1.82) is 0 Å². The van der Waals surface area contributed by atoms with Crippen LogP contribution in [-0.2, 0) is 0 Å². The molecule has 1 atom stereocenters. The zero-order chi connectivity index (χ0) is 23.5. The van der Waals surface area contributed by atoms with Gasteiger partial charge in [0, 0.05) is 24.3 Å². The van der Waals surface area contributed by atoms with Gasteiger partial charge in [-0.25, -0.2) is 19.0 Å². The van der Waals surface area contributed by atoms with Gasteiger partial charge in [-0.1, -0.05) is 13.8 Å². The molecule has 1 aliphatic rings. The third kappa shape index (κ3) is 4.95. The van der Waals surface area contributed by atoms with Crippen LogP contribution in [0.3, 0.4) is 0 Å². The second-order valence-corrected chi connectivity index (χ2v) is 9.04. The third-order valence-electron chi connectivity index (χ3n) is 6.30. The molecule has 0 saturated carbocycles. The lowest BCUT2D eigenvalue weighted by atomic mass is 10.1. The Labute approximate surface area is 194 Å². The fourth-order valence-electron chi connectivity index (χ4n) is 4.47. The molecule has 8 heteroatoms. The standard InChI is InChI=1S/C25H31FN6O/c1-16(2)23-21(24(33)27-12-11-20-6-5-13-31(20)4)15-29-32(23)25-28-14-17(3)22(30-25)18-7-9-19(26)10-8-18/h7-10,14-16,20H,5-6,11-13H2,1-4H3,(H,27,33)/t20-/m0/s1. The summed E-state index contributed by atoms with van der Waals surface area (Å²) in [6, 6.07) is 6.75. The first-order chi connectivity index (χ1) is 15.8. The second kappa shape index (κ2) is 9.79. The van der Waals surface area contributed by atoms with Crippen molar-refractivity contribution in [3.63, 3.8) is 0 Å². The average molecular weight is 451 g/mol. The Balaban J connectivity index is 1.58. The van der Waals surface area contributed by atoms with E-state index in [1.54, 1.807) is 29.2 Å². The van der Waals surface area contributed by atoms with E-state index >= 15 is 0 Å². The zero-order valence-electron chi connectivity index (χ0n) is 19.7. The maximum absolute atomic E-state index is 13.4. The molecule has 2 aromatic heterocycles. The van der Waals surface area contributed by atoms with E-state index in [0.717, 1.165) is 29.8 Å². The van der Waals surface area contributed by atoms with Gasteiger partial charge in [0.1, 0.15) is 5.82 Å². The number of rotatable bonds is 7. The molecule has 1 N–H and O–H groups in total. The Morgan fingerprint density at radius 1 is 1.24 bits per heavy atom. The Kier molecular flexibility index (Phi) is 6.83. The minimum absolute atomic E-state index is 0.0355. The molecular weight excluding hydrogens is 419 g/mol. The van der Waals surface area contributed by atoms with Crippen LogP contribution in [0.1, 0.15) is 60.6 Å². The van der Waals surface area contributed by atoms with Crippen molar-refractivity contribution in [2.45, 2.75) is 52.0 Å². The molecule has 0 radical (unpaired) electrons. The van der Waals surface area contributed by atoms with Crippen LogP contribution in [0.5, 0.6) is 0 Å². The molecule has 7 nitrogen and oxygen atoms in total. The van der Waals surface area contributed by atoms with Crippen molar-refractivity contribution >= 4 is 5.91 Å². The first-order valence-electron chi connectivity index (χ1n) is 11.5. The van der Waals surface area contributed by atoms with Crippen LogP contribution in [0.4, 0.5) is 4.39 Å². The number of hydrogen-bond acceptors (Lipinski definition) is 5. The summed E-state index contributed by atoms with van der Waals surface area (Å²) in [5, 5.41) is 7.53. The van der Waals surface area contributed by atoms with E-state index < -0.39 is 0 Å². The summed E-state index contributed by atoms with van der Waals surface area (Å²) < 4.78 is 15.0. The van der Waals surface area contributed by atoms with E-state index in [2.05, 4.69) is 27.3 Å². The van der Waals surface area contributed by atoms with Gasteiger partial charge in [0.25, 0.3) is 11.9 Å². The molecule has 4 rings (SSSR count). The fourth-order valence-corrected chi connectivity index (χ4v) is 4.47. The third-order valence-corrected chi connectivity index (χ3v) is 6.30. The van der Waals surface area contributed by atoms with Gasteiger partial charge in [0.2, 0.25) is 0 Å². The van der Waals surface area contributed by atoms with Crippen molar-refractivity contribution in [3.05, 3.63) is 59.3 Å². The van der Waals surface area contributed by atoms with Gasteiger partial charge >= 0.3 is 0 Å². The number of likely N-dealkylation sites (tertiary alicyclic amines) is 1. The summed E-state index contributed by atoms with van der Waals surface area (Å²) in [6.07, 6.45) is 6.66. The molecule has 0 unspecified atom stereocenters. The molecule has 0 spiro atoms. The summed E-state index contributed by atoms with van der Waals surface area (Å²) in [6.45, 7) is 7.71. The number of aromatic nitrogens is 4. The average Bonchev–Trinajstić information content (AvgIpc) is 3.41. The molecule has 3 aromatic rings. The number of nitrogens with zero attached hydrogens (tertiary/aromatic N) is 5. The molecule has 174 valence electrons. The maximum atomic E-state index is 13.4. The first kappa shape index (κ1) is 23.0. The lowest BCUT2D eigenvalue weighted by Gasteiger charge is -2.19. The maximum Gasteiger partial charge on any atom is 0.254 e. The predicted octanol–water partition coefficient (Wildman–Crippen LogP) is 4.11. The molecule has 0 aliphatic carbocycles. The minimum atomic E-state index is -0.296. The highest BCUT2D eigenvalue weighted by molar-refractivity contribution is 5.95. The monoisotopic (exact) mass is 450 g/mol. The van der Waals surface area contributed by atoms with Gasteiger partial charge in [-0.2, -0.15) is 5.10 Å². The Hall–Kier alpha value is -3.13. The smallest absolute Gasteiger partial charge is 0.254 e. The Bertz CT molecular complexity index is 1120. The van der Waals surface area contributed by atoms with Crippen LogP contribution in [0.2, 0.25) is 0 Å². The fraction of sp³-hybridized carbons (Fsp3) is 0.440. The quantitative estimate of drug-likeness (QED) is 0.586. The second-order valence-electron chi connectivity index (χ2n) is 9.04. The molecule has 33 heavy (non-hydrogen) atoms. The molecule has 1 aliphatic heterocycles. The van der Waals surface area contributed by atoms with E-state index in [1.165, 1.54) is 25.0 Å². The largest absolute Gasteiger partial charge is 0.352 e. The number of benzene rings is 1. The number of hydrogen-bond donors (Lipinski definition) is 1. The topological polar surface area (TPSA) is 75.9 Å². The molecule has 1 aromatic carbocycles. The number of aryl methyl sites for hydroxylation is 1. The van der Waals surface area contributed by atoms with Crippen LogP contribution in [0.25, 0.3) is 17.2 Å². The van der Waals surface area contributed by atoms with E-state index in [-0.39, 0.29) is 17.6 Å². The van der Waals surface area contributed by atoms with Crippen molar-refractivity contribution in [2.24, 2.45) is 0 Å². The van der Waals surface area contributed by atoms with Gasteiger partial charge < -0.3 is 10.2 Å². The van der Waals surface area contributed by atoms with Crippen molar-refractivity contribution < 1.29 is 9.18 Å². The van der Waals surface area contributed by atoms with Crippen LogP contribution >= 0.6 is 0 Å². The highest BCUT2D eigenvalue weighted by Gasteiger charge is 2.24. The summed E-state index contributed by atoms with van der Waals surface area (Å²) in [5.41, 5.74) is 3.68. The lowest BCUT2D eigenvalue weighted by molar-refractivity contribution is 0.0949. The Morgan fingerprint density at radius 3 is 2.67 bits per heavy atom. The number of amides is 1. The Morgan fingerprint density at radius 2 is 2.00 bits per heavy atom. The highest BCUT2D eigenvalue weighted by Crippen LogP contribution is 2.25. The summed E-state index contributed by atoms with van der Waals surface area (Å²) in [7, 11) is 2.14. The number of nitrogens with one attached hydrogen (secondary N) is 1. The SMILES string of the molecule is Cc1cnc(-n2ncc(C(=O)NCC[C@@H]3CCCN3C)c2C(C)C)nc1-c1ccc(F)cc1. The number of halogens is 1. The molecular formula is C25H31FN6O. The highest BCUT2D eigenvalue weighted by atomic mass is 19.1. The summed E-state index contributed by atoms with van der Waals surface area (Å²) in [5.74, 6) is -0.00445. The van der Waals surface area contributed by atoms with Crippen LogP contribution in [0, 0.1) is 12.7 Å². The van der Waals surface area contributed by atoms with E-state index in [4.69, 9.17) is 4.98 Å². The van der Waals surface area contributed by atoms with Crippen LogP contribution < -0.4 is 5.32 Å². The van der Waals surface area contributed by atoms with Gasteiger partial charge in [-0.15, -0.1) is 0 Å². The van der Waals surface area contributed by atoms with Gasteiger partial charge in [0.05, 0.1) is 23.1 Å². The minimum Gasteiger partial charge on any atom is -0.352 e.